The highest BCUT2D eigenvalue weighted by molar-refractivity contribution is 7.15. The Hall–Kier alpha value is -1.21. The molecule has 0 aliphatic carbocycles. The van der Waals surface area contributed by atoms with Crippen molar-refractivity contribution in [2.75, 3.05) is 31.6 Å². The molecular formula is C9H14N4O2S. The summed E-state index contributed by atoms with van der Waals surface area (Å²) < 4.78 is 5.17. The molecule has 1 aromatic rings. The quantitative estimate of drug-likeness (QED) is 0.839. The summed E-state index contributed by atoms with van der Waals surface area (Å²) in [6.07, 6.45) is 0.838. The Labute approximate surface area is 97.6 Å². The number of aryl methyl sites for hydroxylation is 1. The van der Waals surface area contributed by atoms with Gasteiger partial charge in [0.05, 0.1) is 13.2 Å². The fourth-order valence-electron chi connectivity index (χ4n) is 1.38. The van der Waals surface area contributed by atoms with Crippen molar-refractivity contribution < 1.29 is 9.53 Å². The first-order chi connectivity index (χ1) is 7.79. The van der Waals surface area contributed by atoms with Crippen LogP contribution in [0, 0.1) is 0 Å². The molecule has 16 heavy (non-hydrogen) atoms. The lowest BCUT2D eigenvalue weighted by Crippen LogP contribution is -2.43. The van der Waals surface area contributed by atoms with Gasteiger partial charge >= 0.3 is 6.03 Å². The normalized spacial score (nSPS) is 16.2. The number of urea groups is 1. The van der Waals surface area contributed by atoms with Crippen LogP contribution < -0.4 is 5.32 Å². The zero-order valence-corrected chi connectivity index (χ0v) is 9.92. The van der Waals surface area contributed by atoms with Crippen LogP contribution in [0.5, 0.6) is 0 Å². The van der Waals surface area contributed by atoms with Crippen molar-refractivity contribution in [1.82, 2.24) is 15.1 Å². The molecule has 1 aliphatic rings. The molecule has 2 rings (SSSR count). The molecule has 0 unspecified atom stereocenters. The Morgan fingerprint density at radius 2 is 2.25 bits per heavy atom. The van der Waals surface area contributed by atoms with Crippen molar-refractivity contribution in [2.24, 2.45) is 0 Å². The number of carbonyl (C=O) groups is 1. The van der Waals surface area contributed by atoms with E-state index >= 15 is 0 Å². The maximum Gasteiger partial charge on any atom is 0.323 e. The topological polar surface area (TPSA) is 67.4 Å². The molecule has 0 spiro atoms. The van der Waals surface area contributed by atoms with Gasteiger partial charge in [-0.2, -0.15) is 0 Å². The van der Waals surface area contributed by atoms with Gasteiger partial charge in [0.25, 0.3) is 0 Å². The number of nitrogens with zero attached hydrogens (tertiary/aromatic N) is 3. The molecule has 0 radical (unpaired) electrons. The van der Waals surface area contributed by atoms with E-state index in [2.05, 4.69) is 15.5 Å². The van der Waals surface area contributed by atoms with Crippen LogP contribution in [0.15, 0.2) is 0 Å². The lowest BCUT2D eigenvalue weighted by atomic mass is 10.4. The van der Waals surface area contributed by atoms with E-state index in [0.29, 0.717) is 31.4 Å². The number of hydrogen-bond donors (Lipinski definition) is 1. The van der Waals surface area contributed by atoms with E-state index in [1.54, 1.807) is 4.90 Å². The summed E-state index contributed by atoms with van der Waals surface area (Å²) in [5.74, 6) is 0. The Bertz CT molecular complexity index is 362. The number of amides is 2. The summed E-state index contributed by atoms with van der Waals surface area (Å²) >= 11 is 1.41. The van der Waals surface area contributed by atoms with E-state index < -0.39 is 0 Å². The Morgan fingerprint density at radius 1 is 1.50 bits per heavy atom. The molecule has 0 aromatic carbocycles. The highest BCUT2D eigenvalue weighted by Crippen LogP contribution is 2.16. The SMILES string of the molecule is CCc1nnc(NC(=O)N2CCOCC2)s1. The number of anilines is 1. The predicted molar refractivity (Wildman–Crippen MR) is 60.7 cm³/mol. The number of carbonyl (C=O) groups excluding carboxylic acids is 1. The van der Waals surface area contributed by atoms with Crippen LogP contribution >= 0.6 is 11.3 Å². The number of morpholine rings is 1. The van der Waals surface area contributed by atoms with Crippen LogP contribution in [0.2, 0.25) is 0 Å². The average molecular weight is 242 g/mol. The van der Waals surface area contributed by atoms with Gasteiger partial charge in [0.15, 0.2) is 0 Å². The fourth-order valence-corrected chi connectivity index (χ4v) is 2.05. The van der Waals surface area contributed by atoms with Gasteiger partial charge < -0.3 is 9.64 Å². The highest BCUT2D eigenvalue weighted by Gasteiger charge is 2.17. The second kappa shape index (κ2) is 5.22. The average Bonchev–Trinajstić information content (AvgIpc) is 2.78. The van der Waals surface area contributed by atoms with Crippen LogP contribution in [0.1, 0.15) is 11.9 Å². The van der Waals surface area contributed by atoms with Gasteiger partial charge in [-0.05, 0) is 6.42 Å². The second-order valence-corrected chi connectivity index (χ2v) is 4.45. The van der Waals surface area contributed by atoms with Crippen molar-refractivity contribution in [2.45, 2.75) is 13.3 Å². The highest BCUT2D eigenvalue weighted by atomic mass is 32.1. The maximum absolute atomic E-state index is 11.8. The molecule has 1 N–H and O–H groups in total. The van der Waals surface area contributed by atoms with Crippen molar-refractivity contribution in [3.63, 3.8) is 0 Å². The van der Waals surface area contributed by atoms with Gasteiger partial charge in [-0.15, -0.1) is 10.2 Å². The number of aromatic nitrogens is 2. The molecule has 1 saturated heterocycles. The summed E-state index contributed by atoms with van der Waals surface area (Å²) in [5.41, 5.74) is 0. The summed E-state index contributed by atoms with van der Waals surface area (Å²) in [4.78, 5) is 13.5. The monoisotopic (exact) mass is 242 g/mol. The Balaban J connectivity index is 1.90. The zero-order valence-electron chi connectivity index (χ0n) is 9.10. The molecule has 7 heteroatoms. The molecule has 1 aliphatic heterocycles. The zero-order chi connectivity index (χ0) is 11.4. The van der Waals surface area contributed by atoms with E-state index in [-0.39, 0.29) is 6.03 Å². The van der Waals surface area contributed by atoms with E-state index in [1.165, 1.54) is 11.3 Å². The van der Waals surface area contributed by atoms with Gasteiger partial charge in [-0.3, -0.25) is 5.32 Å². The molecule has 1 aromatic heterocycles. The van der Waals surface area contributed by atoms with Gasteiger partial charge in [0.1, 0.15) is 5.01 Å². The minimum Gasteiger partial charge on any atom is -0.378 e. The van der Waals surface area contributed by atoms with Crippen molar-refractivity contribution in [3.05, 3.63) is 5.01 Å². The van der Waals surface area contributed by atoms with E-state index in [9.17, 15) is 4.79 Å². The van der Waals surface area contributed by atoms with E-state index in [0.717, 1.165) is 11.4 Å². The Kier molecular flexibility index (Phi) is 3.68. The van der Waals surface area contributed by atoms with Gasteiger partial charge in [-0.1, -0.05) is 18.3 Å². The van der Waals surface area contributed by atoms with Crippen molar-refractivity contribution in [3.8, 4) is 0 Å². The number of rotatable bonds is 2. The van der Waals surface area contributed by atoms with Crippen LogP contribution in [-0.4, -0.2) is 47.4 Å². The molecule has 2 heterocycles. The largest absolute Gasteiger partial charge is 0.378 e. The summed E-state index contributed by atoms with van der Waals surface area (Å²) in [6, 6.07) is -0.123. The third kappa shape index (κ3) is 2.67. The van der Waals surface area contributed by atoms with Crippen LogP contribution in [0.25, 0.3) is 0 Å². The van der Waals surface area contributed by atoms with Crippen LogP contribution in [0.3, 0.4) is 0 Å². The maximum atomic E-state index is 11.8. The van der Waals surface area contributed by atoms with Crippen molar-refractivity contribution >= 4 is 22.5 Å². The third-order valence-electron chi connectivity index (χ3n) is 2.28. The van der Waals surface area contributed by atoms with Crippen molar-refractivity contribution in [1.29, 1.82) is 0 Å². The molecular weight excluding hydrogens is 228 g/mol. The first-order valence-electron chi connectivity index (χ1n) is 5.25. The molecule has 0 atom stereocenters. The number of hydrogen-bond acceptors (Lipinski definition) is 5. The van der Waals surface area contributed by atoms with Crippen LogP contribution in [-0.2, 0) is 11.2 Å². The van der Waals surface area contributed by atoms with E-state index in [4.69, 9.17) is 4.74 Å². The fraction of sp³-hybridized carbons (Fsp3) is 0.667. The minimum atomic E-state index is -0.123. The molecule has 2 amide bonds. The van der Waals surface area contributed by atoms with Gasteiger partial charge in [-0.25, -0.2) is 4.79 Å². The standard InChI is InChI=1S/C9H14N4O2S/c1-2-7-11-12-8(16-7)10-9(14)13-3-5-15-6-4-13/h2-6H2,1H3,(H,10,12,14). The first kappa shape index (κ1) is 11.3. The summed E-state index contributed by atoms with van der Waals surface area (Å²) in [7, 11) is 0. The lowest BCUT2D eigenvalue weighted by molar-refractivity contribution is 0.0564. The van der Waals surface area contributed by atoms with Crippen LogP contribution in [0.4, 0.5) is 9.93 Å². The predicted octanol–water partition coefficient (Wildman–Crippen LogP) is 0.965. The molecule has 0 bridgehead atoms. The molecule has 0 saturated carbocycles. The summed E-state index contributed by atoms with van der Waals surface area (Å²) in [6.45, 7) is 4.47. The lowest BCUT2D eigenvalue weighted by Gasteiger charge is -2.26. The molecule has 6 nitrogen and oxygen atoms in total. The first-order valence-corrected chi connectivity index (χ1v) is 6.07. The second-order valence-electron chi connectivity index (χ2n) is 3.38. The summed E-state index contributed by atoms with van der Waals surface area (Å²) in [5, 5.41) is 12.1. The molecule has 1 fully saturated rings. The number of ether oxygens (including phenoxy) is 1. The van der Waals surface area contributed by atoms with Gasteiger partial charge in [0, 0.05) is 13.1 Å². The third-order valence-corrected chi connectivity index (χ3v) is 3.26. The molecule has 88 valence electrons. The Morgan fingerprint density at radius 3 is 2.88 bits per heavy atom. The smallest absolute Gasteiger partial charge is 0.323 e. The number of nitrogens with one attached hydrogen (secondary N) is 1. The van der Waals surface area contributed by atoms with Gasteiger partial charge in [0.2, 0.25) is 5.13 Å². The minimum absolute atomic E-state index is 0.123. The van der Waals surface area contributed by atoms with E-state index in [1.807, 2.05) is 6.92 Å².